The van der Waals surface area contributed by atoms with Crippen LogP contribution in [0.1, 0.15) is 55.3 Å². The lowest BCUT2D eigenvalue weighted by Crippen LogP contribution is -2.31. The van der Waals surface area contributed by atoms with E-state index in [4.69, 9.17) is 0 Å². The highest BCUT2D eigenvalue weighted by Gasteiger charge is 2.28. The van der Waals surface area contributed by atoms with E-state index in [0.717, 1.165) is 38.9 Å². The van der Waals surface area contributed by atoms with Crippen molar-refractivity contribution in [2.24, 2.45) is 0 Å². The van der Waals surface area contributed by atoms with E-state index >= 15 is 0 Å². The highest BCUT2D eigenvalue weighted by atomic mass is 32.2. The average molecular weight is 380 g/mol. The second-order valence-corrected chi connectivity index (χ2v) is 9.00. The van der Waals surface area contributed by atoms with E-state index in [0.29, 0.717) is 12.1 Å². The van der Waals surface area contributed by atoms with Crippen LogP contribution in [0.5, 0.6) is 0 Å². The maximum Gasteiger partial charge on any atom is 0.251 e. The van der Waals surface area contributed by atoms with E-state index in [1.165, 1.54) is 37.8 Å². The molecule has 2 fully saturated rings. The molecule has 0 aromatic heterocycles. The van der Waals surface area contributed by atoms with E-state index in [1.807, 2.05) is 0 Å². The number of sulfonamides is 1. The molecule has 0 spiro atoms. The van der Waals surface area contributed by atoms with E-state index in [1.54, 1.807) is 12.1 Å². The fourth-order valence-electron chi connectivity index (χ4n) is 3.26. The van der Waals surface area contributed by atoms with Gasteiger partial charge in [0.15, 0.2) is 0 Å². The fourth-order valence-corrected chi connectivity index (χ4v) is 4.61. The second kappa shape index (κ2) is 8.97. The molecule has 144 valence electrons. The van der Waals surface area contributed by atoms with Crippen molar-refractivity contribution < 1.29 is 13.2 Å². The lowest BCUT2D eigenvalue weighted by molar-refractivity contribution is 0.0951. The van der Waals surface area contributed by atoms with Gasteiger partial charge in [0, 0.05) is 18.2 Å². The Bertz CT molecular complexity index is 708. The molecule has 0 unspecified atom stereocenters. The van der Waals surface area contributed by atoms with Crippen LogP contribution in [0.3, 0.4) is 0 Å². The van der Waals surface area contributed by atoms with Crippen LogP contribution in [-0.4, -0.2) is 51.4 Å². The Morgan fingerprint density at radius 2 is 1.85 bits per heavy atom. The minimum Gasteiger partial charge on any atom is -0.352 e. The summed E-state index contributed by atoms with van der Waals surface area (Å²) in [6.07, 6.45) is 7.86. The molecule has 2 N–H and O–H groups in total. The zero-order chi connectivity index (χ0) is 18.4. The van der Waals surface area contributed by atoms with Gasteiger partial charge in [-0.1, -0.05) is 18.9 Å². The molecule has 7 heteroatoms. The Kier molecular flexibility index (Phi) is 6.67. The van der Waals surface area contributed by atoms with Crippen LogP contribution in [0.4, 0.5) is 0 Å². The van der Waals surface area contributed by atoms with Crippen LogP contribution in [0, 0.1) is 0 Å². The Morgan fingerprint density at radius 1 is 1.12 bits per heavy atom. The number of hydrogen-bond donors (Lipinski definition) is 2. The van der Waals surface area contributed by atoms with Gasteiger partial charge in [-0.15, -0.1) is 0 Å². The van der Waals surface area contributed by atoms with Crippen molar-refractivity contribution in [2.45, 2.75) is 55.9 Å². The number of amides is 1. The van der Waals surface area contributed by atoms with E-state index in [-0.39, 0.29) is 16.8 Å². The molecule has 1 saturated heterocycles. The molecule has 1 aromatic carbocycles. The third-order valence-corrected chi connectivity index (χ3v) is 6.46. The van der Waals surface area contributed by atoms with Crippen molar-refractivity contribution in [1.82, 2.24) is 14.9 Å². The zero-order valence-electron chi connectivity index (χ0n) is 15.2. The van der Waals surface area contributed by atoms with E-state index in [9.17, 15) is 13.2 Å². The lowest BCUT2D eigenvalue weighted by Gasteiger charge is -2.19. The van der Waals surface area contributed by atoms with Crippen LogP contribution in [-0.2, 0) is 10.0 Å². The third-order valence-electron chi connectivity index (χ3n) is 4.94. The maximum absolute atomic E-state index is 12.3. The molecule has 26 heavy (non-hydrogen) atoms. The Balaban J connectivity index is 1.47. The predicted octanol–water partition coefficient (Wildman–Crippen LogP) is 2.12. The summed E-state index contributed by atoms with van der Waals surface area (Å²) in [5.41, 5.74) is 0.387. The van der Waals surface area contributed by atoms with Crippen molar-refractivity contribution in [3.05, 3.63) is 29.8 Å². The monoisotopic (exact) mass is 379 g/mol. The van der Waals surface area contributed by atoms with Crippen LogP contribution in [0.15, 0.2) is 29.2 Å². The highest BCUT2D eigenvalue weighted by Crippen LogP contribution is 2.22. The highest BCUT2D eigenvalue weighted by molar-refractivity contribution is 7.89. The molecule has 2 aliphatic rings. The normalized spacial score (nSPS) is 19.1. The van der Waals surface area contributed by atoms with Crippen LogP contribution < -0.4 is 10.0 Å². The lowest BCUT2D eigenvalue weighted by atomic mass is 10.2. The van der Waals surface area contributed by atoms with Gasteiger partial charge in [0.25, 0.3) is 5.91 Å². The third kappa shape index (κ3) is 5.79. The molecule has 0 atom stereocenters. The summed E-state index contributed by atoms with van der Waals surface area (Å²) < 4.78 is 27.2. The summed E-state index contributed by atoms with van der Waals surface area (Å²) in [5.74, 6) is -0.218. The molecule has 1 aromatic rings. The summed E-state index contributed by atoms with van der Waals surface area (Å²) in [7, 11) is -3.53. The minimum absolute atomic E-state index is 0.0523. The fraction of sp³-hybridized carbons (Fsp3) is 0.632. The van der Waals surface area contributed by atoms with Crippen LogP contribution >= 0.6 is 0 Å². The molecule has 0 radical (unpaired) electrons. The first-order chi connectivity index (χ1) is 12.5. The van der Waals surface area contributed by atoms with Crippen molar-refractivity contribution in [2.75, 3.05) is 26.2 Å². The second-order valence-electron chi connectivity index (χ2n) is 7.29. The molecular weight excluding hydrogens is 350 g/mol. The largest absolute Gasteiger partial charge is 0.352 e. The molecule has 1 heterocycles. The van der Waals surface area contributed by atoms with E-state index in [2.05, 4.69) is 14.9 Å². The van der Waals surface area contributed by atoms with Crippen LogP contribution in [0.25, 0.3) is 0 Å². The van der Waals surface area contributed by atoms with Crippen LogP contribution in [0.2, 0.25) is 0 Å². The summed E-state index contributed by atoms with van der Waals surface area (Å²) in [6, 6.07) is 6.31. The molecule has 3 rings (SSSR count). The van der Waals surface area contributed by atoms with Gasteiger partial charge in [-0.25, -0.2) is 13.1 Å². The van der Waals surface area contributed by atoms with Gasteiger partial charge in [-0.05, 0) is 69.9 Å². The zero-order valence-corrected chi connectivity index (χ0v) is 16.1. The number of nitrogens with one attached hydrogen (secondary N) is 2. The number of nitrogens with zero attached hydrogens (tertiary/aromatic N) is 1. The van der Waals surface area contributed by atoms with Crippen molar-refractivity contribution in [1.29, 1.82) is 0 Å². The molecule has 1 saturated carbocycles. The SMILES string of the molecule is O=C(NCCCN1CCCCCC1)c1cccc(S(=O)(=O)NC2CC2)c1. The van der Waals surface area contributed by atoms with Gasteiger partial charge in [0.05, 0.1) is 4.90 Å². The first-order valence-corrected chi connectivity index (χ1v) is 11.2. The molecule has 0 bridgehead atoms. The summed E-state index contributed by atoms with van der Waals surface area (Å²) in [4.78, 5) is 14.9. The number of likely N-dealkylation sites (tertiary alicyclic amines) is 1. The number of carbonyl (C=O) groups is 1. The van der Waals surface area contributed by atoms with Gasteiger partial charge in [0.2, 0.25) is 10.0 Å². The summed E-state index contributed by atoms with van der Waals surface area (Å²) in [6.45, 7) is 3.91. The molecule has 1 amide bonds. The van der Waals surface area contributed by atoms with Gasteiger partial charge in [-0.2, -0.15) is 0 Å². The Hall–Kier alpha value is -1.44. The number of carbonyl (C=O) groups excluding carboxylic acids is 1. The van der Waals surface area contributed by atoms with Crippen molar-refractivity contribution in [3.63, 3.8) is 0 Å². The molecule has 1 aliphatic heterocycles. The van der Waals surface area contributed by atoms with Crippen molar-refractivity contribution in [3.8, 4) is 0 Å². The van der Waals surface area contributed by atoms with Gasteiger partial charge >= 0.3 is 0 Å². The smallest absolute Gasteiger partial charge is 0.251 e. The number of benzene rings is 1. The minimum atomic E-state index is -3.53. The molecular formula is C19H29N3O3S. The molecule has 6 nitrogen and oxygen atoms in total. The molecule has 1 aliphatic carbocycles. The van der Waals surface area contributed by atoms with Crippen molar-refractivity contribution >= 4 is 15.9 Å². The van der Waals surface area contributed by atoms with Gasteiger partial charge < -0.3 is 10.2 Å². The average Bonchev–Trinajstić information content (AvgIpc) is 3.46. The number of rotatable bonds is 8. The first-order valence-electron chi connectivity index (χ1n) is 9.67. The van der Waals surface area contributed by atoms with Gasteiger partial charge in [0.1, 0.15) is 0 Å². The standard InChI is InChI=1S/C19H29N3O3S/c23-19(20-11-6-14-22-12-3-1-2-4-13-22)16-7-5-8-18(15-16)26(24,25)21-17-9-10-17/h5,7-8,15,17,21H,1-4,6,9-14H2,(H,20,23). The van der Waals surface area contributed by atoms with E-state index < -0.39 is 10.0 Å². The maximum atomic E-state index is 12.3. The topological polar surface area (TPSA) is 78.5 Å². The predicted molar refractivity (Wildman–Crippen MR) is 102 cm³/mol. The van der Waals surface area contributed by atoms with Gasteiger partial charge in [-0.3, -0.25) is 4.79 Å². The summed E-state index contributed by atoms with van der Waals surface area (Å²) >= 11 is 0. The first kappa shape index (κ1) is 19.3. The Morgan fingerprint density at radius 3 is 2.54 bits per heavy atom. The summed E-state index contributed by atoms with van der Waals surface area (Å²) in [5, 5.41) is 2.91. The Labute approximate surface area is 156 Å². The quantitative estimate of drug-likeness (QED) is 0.678. The number of hydrogen-bond acceptors (Lipinski definition) is 4.